The summed E-state index contributed by atoms with van der Waals surface area (Å²) in [6.45, 7) is 4.62. The molecule has 4 rings (SSSR count). The van der Waals surface area contributed by atoms with E-state index in [9.17, 15) is 18.8 Å². The highest BCUT2D eigenvalue weighted by atomic mass is 32.1. The number of thiazole rings is 1. The Balaban J connectivity index is 1.53. The molecular formula is C21H23FN4O3S. The van der Waals surface area contributed by atoms with Crippen molar-refractivity contribution in [2.75, 3.05) is 13.1 Å². The number of nitrogens with one attached hydrogen (secondary N) is 2. The molecule has 2 saturated heterocycles. The fraction of sp³-hybridized carbons (Fsp3) is 0.429. The molecule has 30 heavy (non-hydrogen) atoms. The lowest BCUT2D eigenvalue weighted by Gasteiger charge is -2.40. The Kier molecular flexibility index (Phi) is 5.31. The number of nitrogens with zero attached hydrogens (tertiary/aromatic N) is 2. The number of benzene rings is 1. The molecule has 1 aromatic heterocycles. The Morgan fingerprint density at radius 3 is 2.53 bits per heavy atom. The molecule has 0 aliphatic carbocycles. The number of urea groups is 1. The van der Waals surface area contributed by atoms with Crippen LogP contribution in [0.5, 0.6) is 0 Å². The highest BCUT2D eigenvalue weighted by molar-refractivity contribution is 7.13. The minimum absolute atomic E-state index is 0.0559. The first-order valence-corrected chi connectivity index (χ1v) is 10.7. The lowest BCUT2D eigenvalue weighted by atomic mass is 9.74. The second-order valence-electron chi connectivity index (χ2n) is 7.86. The lowest BCUT2D eigenvalue weighted by molar-refractivity contribution is -0.126. The largest absolute Gasteiger partial charge is 0.338 e. The fourth-order valence-corrected chi connectivity index (χ4v) is 5.34. The summed E-state index contributed by atoms with van der Waals surface area (Å²) in [7, 11) is 0. The van der Waals surface area contributed by atoms with E-state index >= 15 is 0 Å². The molecule has 2 aromatic rings. The molecule has 0 saturated carbocycles. The molecule has 9 heteroatoms. The van der Waals surface area contributed by atoms with Gasteiger partial charge in [0, 0.05) is 19.5 Å². The molecule has 2 fully saturated rings. The van der Waals surface area contributed by atoms with Crippen molar-refractivity contribution in [3.8, 4) is 0 Å². The van der Waals surface area contributed by atoms with Crippen molar-refractivity contribution in [2.24, 2.45) is 5.92 Å². The number of amides is 4. The fourth-order valence-electron chi connectivity index (χ4n) is 4.45. The molecule has 2 aliphatic rings. The number of halogens is 1. The van der Waals surface area contributed by atoms with E-state index in [-0.39, 0.29) is 18.2 Å². The topological polar surface area (TPSA) is 91.4 Å². The Morgan fingerprint density at radius 1 is 1.27 bits per heavy atom. The van der Waals surface area contributed by atoms with Crippen LogP contribution in [0.4, 0.5) is 9.18 Å². The van der Waals surface area contributed by atoms with Gasteiger partial charge in [-0.05, 0) is 44.2 Å². The zero-order chi connectivity index (χ0) is 21.5. The number of aryl methyl sites for hydroxylation is 2. The second kappa shape index (κ2) is 7.79. The average Bonchev–Trinajstić information content (AvgIpc) is 3.20. The highest BCUT2D eigenvalue weighted by Crippen LogP contribution is 2.35. The van der Waals surface area contributed by atoms with E-state index in [1.807, 2.05) is 13.8 Å². The van der Waals surface area contributed by atoms with Crippen molar-refractivity contribution in [3.63, 3.8) is 0 Å². The van der Waals surface area contributed by atoms with E-state index in [0.29, 0.717) is 36.4 Å². The minimum atomic E-state index is -1.22. The number of imide groups is 1. The van der Waals surface area contributed by atoms with Gasteiger partial charge in [0.05, 0.1) is 10.7 Å². The molecule has 4 amide bonds. The molecule has 2 N–H and O–H groups in total. The monoisotopic (exact) mass is 430 g/mol. The first-order valence-electron chi connectivity index (χ1n) is 9.90. The van der Waals surface area contributed by atoms with E-state index in [1.165, 1.54) is 17.4 Å². The third-order valence-electron chi connectivity index (χ3n) is 5.97. The zero-order valence-corrected chi connectivity index (χ0v) is 17.6. The van der Waals surface area contributed by atoms with Gasteiger partial charge in [-0.3, -0.25) is 14.9 Å². The normalized spacial score (nSPS) is 22.2. The third kappa shape index (κ3) is 3.58. The number of piperidine rings is 1. The molecule has 0 bridgehead atoms. The molecule has 158 valence electrons. The Labute approximate surface area is 177 Å². The van der Waals surface area contributed by atoms with E-state index in [1.54, 1.807) is 23.1 Å². The predicted octanol–water partition coefficient (Wildman–Crippen LogP) is 2.57. The molecule has 1 aromatic carbocycles. The number of aromatic nitrogens is 1. The molecule has 0 spiro atoms. The van der Waals surface area contributed by atoms with Gasteiger partial charge < -0.3 is 10.2 Å². The van der Waals surface area contributed by atoms with E-state index in [0.717, 1.165) is 10.7 Å². The van der Waals surface area contributed by atoms with Gasteiger partial charge in [-0.2, -0.15) is 0 Å². The van der Waals surface area contributed by atoms with Crippen LogP contribution in [0.25, 0.3) is 0 Å². The third-order valence-corrected chi connectivity index (χ3v) is 7.03. The number of hydrogen-bond donors (Lipinski definition) is 2. The van der Waals surface area contributed by atoms with Gasteiger partial charge in [0.15, 0.2) is 0 Å². The van der Waals surface area contributed by atoms with Crippen LogP contribution in [0.1, 0.15) is 38.8 Å². The van der Waals surface area contributed by atoms with Crippen LogP contribution in [0.15, 0.2) is 24.3 Å². The molecule has 1 atom stereocenters. The van der Waals surface area contributed by atoms with Gasteiger partial charge >= 0.3 is 6.03 Å². The quantitative estimate of drug-likeness (QED) is 0.730. The van der Waals surface area contributed by atoms with Crippen molar-refractivity contribution in [1.29, 1.82) is 0 Å². The summed E-state index contributed by atoms with van der Waals surface area (Å²) in [5, 5.41) is 5.94. The zero-order valence-electron chi connectivity index (χ0n) is 16.8. The first kappa shape index (κ1) is 20.5. The van der Waals surface area contributed by atoms with Crippen LogP contribution in [-0.2, 0) is 11.2 Å². The van der Waals surface area contributed by atoms with Crippen LogP contribution in [-0.4, -0.2) is 46.4 Å². The average molecular weight is 431 g/mol. The van der Waals surface area contributed by atoms with Crippen LogP contribution in [0.2, 0.25) is 0 Å². The lowest BCUT2D eigenvalue weighted by Crippen LogP contribution is -2.58. The highest BCUT2D eigenvalue weighted by Gasteiger charge is 2.52. The van der Waals surface area contributed by atoms with E-state index in [4.69, 9.17) is 0 Å². The maximum Gasteiger partial charge on any atom is 0.322 e. The predicted molar refractivity (Wildman–Crippen MR) is 110 cm³/mol. The Morgan fingerprint density at radius 2 is 1.97 bits per heavy atom. The maximum atomic E-state index is 14.3. The summed E-state index contributed by atoms with van der Waals surface area (Å²) >= 11 is 1.38. The Bertz CT molecular complexity index is 1020. The molecule has 0 unspecified atom stereocenters. The van der Waals surface area contributed by atoms with Crippen LogP contribution in [0, 0.1) is 25.6 Å². The second-order valence-corrected chi connectivity index (χ2v) is 9.06. The van der Waals surface area contributed by atoms with E-state index in [2.05, 4.69) is 15.6 Å². The number of carbonyl (C=O) groups is 3. The van der Waals surface area contributed by atoms with Crippen molar-refractivity contribution in [2.45, 2.75) is 38.6 Å². The number of likely N-dealkylation sites (tertiary alicyclic amines) is 1. The Hall–Kier alpha value is -2.81. The summed E-state index contributed by atoms with van der Waals surface area (Å²) in [4.78, 5) is 44.4. The van der Waals surface area contributed by atoms with Gasteiger partial charge in [-0.1, -0.05) is 18.2 Å². The van der Waals surface area contributed by atoms with Gasteiger partial charge in [-0.15, -0.1) is 11.3 Å². The number of carbonyl (C=O) groups excluding carboxylic acids is 3. The van der Waals surface area contributed by atoms with Gasteiger partial charge in [0.1, 0.15) is 16.2 Å². The molecule has 7 nitrogen and oxygen atoms in total. The van der Waals surface area contributed by atoms with Crippen molar-refractivity contribution >= 4 is 29.2 Å². The van der Waals surface area contributed by atoms with Crippen molar-refractivity contribution in [1.82, 2.24) is 20.5 Å². The van der Waals surface area contributed by atoms with Crippen LogP contribution < -0.4 is 10.6 Å². The summed E-state index contributed by atoms with van der Waals surface area (Å²) in [5.41, 5.74) is -0.113. The molecule has 2 aliphatic heterocycles. The van der Waals surface area contributed by atoms with Crippen molar-refractivity contribution in [3.05, 3.63) is 51.2 Å². The van der Waals surface area contributed by atoms with Gasteiger partial charge in [0.2, 0.25) is 0 Å². The summed E-state index contributed by atoms with van der Waals surface area (Å²) in [5.74, 6) is -1.11. The summed E-state index contributed by atoms with van der Waals surface area (Å²) in [6, 6.07) is 5.71. The SMILES string of the molecule is Cc1nc(C)c(C(=O)N2CCC([C@]3(Cc4ccccc4F)NC(=O)NC3=O)CC2)s1. The first-order chi connectivity index (χ1) is 14.3. The summed E-state index contributed by atoms with van der Waals surface area (Å²) in [6.07, 6.45) is 1.14. The smallest absolute Gasteiger partial charge is 0.322 e. The van der Waals surface area contributed by atoms with E-state index < -0.39 is 23.3 Å². The van der Waals surface area contributed by atoms with Gasteiger partial charge in [-0.25, -0.2) is 14.2 Å². The molecule has 0 radical (unpaired) electrons. The number of rotatable bonds is 4. The minimum Gasteiger partial charge on any atom is -0.338 e. The summed E-state index contributed by atoms with van der Waals surface area (Å²) < 4.78 is 14.3. The number of hydrogen-bond acceptors (Lipinski definition) is 5. The standard InChI is InChI=1S/C21H23FN4O3S/c1-12-17(30-13(2)23-12)18(27)26-9-7-15(8-10-26)21(19(28)24-20(29)25-21)11-14-5-3-4-6-16(14)22/h3-6,15H,7-11H2,1-2H3,(H2,24,25,28,29)/t21-/m0/s1. The molecular weight excluding hydrogens is 407 g/mol. The van der Waals surface area contributed by atoms with Crippen LogP contribution >= 0.6 is 11.3 Å². The van der Waals surface area contributed by atoms with Crippen LogP contribution in [0.3, 0.4) is 0 Å². The maximum absolute atomic E-state index is 14.3. The van der Waals surface area contributed by atoms with Crippen molar-refractivity contribution < 1.29 is 18.8 Å². The van der Waals surface area contributed by atoms with Gasteiger partial charge in [0.25, 0.3) is 11.8 Å². The molecule has 3 heterocycles.